The Morgan fingerprint density at radius 1 is 1.39 bits per heavy atom. The van der Waals surface area contributed by atoms with E-state index in [-0.39, 0.29) is 18.6 Å². The molecule has 2 unspecified atom stereocenters. The lowest BCUT2D eigenvalue weighted by Crippen LogP contribution is -2.61. The van der Waals surface area contributed by atoms with Crippen molar-refractivity contribution in [3.05, 3.63) is 29.8 Å². The Balaban J connectivity index is 2.37. The molecule has 4 nitrogen and oxygen atoms in total. The Hall–Kier alpha value is -1.39. The quantitative estimate of drug-likeness (QED) is 0.850. The zero-order valence-electron chi connectivity index (χ0n) is 11.1. The molecule has 2 rings (SSSR count). The molecule has 98 valence electrons. The van der Waals surface area contributed by atoms with Gasteiger partial charge >= 0.3 is 0 Å². The number of aryl methyl sites for hydroxylation is 1. The molecule has 0 saturated carbocycles. The number of aliphatic hydroxyl groups excluding tert-OH is 1. The van der Waals surface area contributed by atoms with E-state index in [0.29, 0.717) is 0 Å². The van der Waals surface area contributed by atoms with E-state index in [0.717, 1.165) is 17.8 Å². The number of nitrogens with zero attached hydrogens (tertiary/aromatic N) is 2. The Morgan fingerprint density at radius 2 is 2.06 bits per heavy atom. The van der Waals surface area contributed by atoms with E-state index in [4.69, 9.17) is 0 Å². The van der Waals surface area contributed by atoms with E-state index in [1.165, 1.54) is 0 Å². The molecule has 1 heterocycles. The highest BCUT2D eigenvalue weighted by Crippen LogP contribution is 2.26. The molecule has 1 saturated heterocycles. The van der Waals surface area contributed by atoms with Gasteiger partial charge in [-0.3, -0.25) is 9.69 Å². The number of aliphatic hydroxyl groups is 1. The molecule has 0 bridgehead atoms. The molecular weight excluding hydrogens is 228 g/mol. The van der Waals surface area contributed by atoms with Crippen LogP contribution in [0.1, 0.15) is 12.5 Å². The van der Waals surface area contributed by atoms with Crippen LogP contribution >= 0.6 is 0 Å². The first-order chi connectivity index (χ1) is 8.56. The number of amides is 1. The molecule has 0 spiro atoms. The van der Waals surface area contributed by atoms with Crippen molar-refractivity contribution in [1.82, 2.24) is 4.90 Å². The maximum atomic E-state index is 12.5. The largest absolute Gasteiger partial charge is 0.394 e. The molecule has 0 aromatic heterocycles. The van der Waals surface area contributed by atoms with Crippen LogP contribution in [0.25, 0.3) is 0 Å². The van der Waals surface area contributed by atoms with Gasteiger partial charge in [-0.1, -0.05) is 18.2 Å². The fourth-order valence-electron chi connectivity index (χ4n) is 2.60. The number of likely N-dealkylation sites (N-methyl/N-ethyl adjacent to an activating group) is 1. The number of anilines is 1. The van der Waals surface area contributed by atoms with Gasteiger partial charge < -0.3 is 10.0 Å². The molecule has 1 amide bonds. The third kappa shape index (κ3) is 2.13. The summed E-state index contributed by atoms with van der Waals surface area (Å²) in [7, 11) is 1.88. The molecule has 1 aliphatic rings. The zero-order chi connectivity index (χ0) is 13.3. The van der Waals surface area contributed by atoms with Crippen molar-refractivity contribution in [1.29, 1.82) is 0 Å². The second-order valence-corrected chi connectivity index (χ2v) is 4.98. The van der Waals surface area contributed by atoms with Crippen molar-refractivity contribution in [2.75, 3.05) is 25.1 Å². The molecule has 18 heavy (non-hydrogen) atoms. The lowest BCUT2D eigenvalue weighted by Gasteiger charge is -2.42. The van der Waals surface area contributed by atoms with Crippen molar-refractivity contribution < 1.29 is 9.90 Å². The van der Waals surface area contributed by atoms with Gasteiger partial charge in [0.1, 0.15) is 6.04 Å². The predicted octanol–water partition coefficient (Wildman–Crippen LogP) is 1.02. The third-order valence-electron chi connectivity index (χ3n) is 3.60. The van der Waals surface area contributed by atoms with Gasteiger partial charge in [-0.05, 0) is 32.5 Å². The summed E-state index contributed by atoms with van der Waals surface area (Å²) < 4.78 is 0. The number of hydrogen-bond donors (Lipinski definition) is 1. The van der Waals surface area contributed by atoms with Crippen LogP contribution in [-0.4, -0.2) is 48.2 Å². The monoisotopic (exact) mass is 248 g/mol. The van der Waals surface area contributed by atoms with Crippen molar-refractivity contribution in [3.8, 4) is 0 Å². The van der Waals surface area contributed by atoms with Crippen molar-refractivity contribution in [2.24, 2.45) is 0 Å². The van der Waals surface area contributed by atoms with Gasteiger partial charge in [0, 0.05) is 18.3 Å². The standard InChI is InChI=1S/C14H20N2O2/c1-10-6-4-5-7-12(10)16-11(2)8-15(3)13(9-17)14(16)18/h4-7,11,13,17H,8-9H2,1-3H3. The highest BCUT2D eigenvalue weighted by molar-refractivity contribution is 5.99. The van der Waals surface area contributed by atoms with E-state index in [2.05, 4.69) is 0 Å². The predicted molar refractivity (Wildman–Crippen MR) is 71.6 cm³/mol. The molecule has 0 radical (unpaired) electrons. The summed E-state index contributed by atoms with van der Waals surface area (Å²) in [4.78, 5) is 16.2. The number of para-hydroxylation sites is 1. The van der Waals surface area contributed by atoms with Gasteiger partial charge in [0.25, 0.3) is 0 Å². The molecule has 1 N–H and O–H groups in total. The summed E-state index contributed by atoms with van der Waals surface area (Å²) in [5.74, 6) is -0.0203. The van der Waals surface area contributed by atoms with Crippen LogP contribution in [0, 0.1) is 6.92 Å². The van der Waals surface area contributed by atoms with Crippen LogP contribution in [0.3, 0.4) is 0 Å². The molecule has 1 fully saturated rings. The zero-order valence-corrected chi connectivity index (χ0v) is 11.1. The van der Waals surface area contributed by atoms with Crippen LogP contribution in [0.4, 0.5) is 5.69 Å². The van der Waals surface area contributed by atoms with Gasteiger partial charge in [0.05, 0.1) is 6.61 Å². The second-order valence-electron chi connectivity index (χ2n) is 4.98. The summed E-state index contributed by atoms with van der Waals surface area (Å²) in [6.07, 6.45) is 0. The number of carbonyl (C=O) groups is 1. The lowest BCUT2D eigenvalue weighted by atomic mass is 10.0. The average molecular weight is 248 g/mol. The fourth-order valence-corrected chi connectivity index (χ4v) is 2.60. The van der Waals surface area contributed by atoms with Gasteiger partial charge in [0.2, 0.25) is 5.91 Å². The maximum absolute atomic E-state index is 12.5. The van der Waals surface area contributed by atoms with Gasteiger partial charge in [-0.2, -0.15) is 0 Å². The molecule has 1 aromatic rings. The first-order valence-electron chi connectivity index (χ1n) is 6.26. The average Bonchev–Trinajstić information content (AvgIpc) is 2.31. The minimum Gasteiger partial charge on any atom is -0.394 e. The van der Waals surface area contributed by atoms with Crippen LogP contribution in [0.5, 0.6) is 0 Å². The summed E-state index contributed by atoms with van der Waals surface area (Å²) >= 11 is 0. The van der Waals surface area contributed by atoms with Gasteiger partial charge in [-0.15, -0.1) is 0 Å². The number of benzene rings is 1. The Labute approximate surface area is 108 Å². The summed E-state index contributed by atoms with van der Waals surface area (Å²) in [6.45, 7) is 4.67. The Kier molecular flexibility index (Phi) is 3.68. The minimum atomic E-state index is -0.430. The smallest absolute Gasteiger partial charge is 0.247 e. The third-order valence-corrected chi connectivity index (χ3v) is 3.60. The second kappa shape index (κ2) is 5.08. The highest BCUT2D eigenvalue weighted by Gasteiger charge is 2.37. The van der Waals surface area contributed by atoms with Crippen LogP contribution in [0.15, 0.2) is 24.3 Å². The Bertz CT molecular complexity index is 447. The molecule has 1 aliphatic heterocycles. The van der Waals surface area contributed by atoms with Crippen LogP contribution in [0.2, 0.25) is 0 Å². The van der Waals surface area contributed by atoms with E-state index in [1.54, 1.807) is 0 Å². The lowest BCUT2D eigenvalue weighted by molar-refractivity contribution is -0.127. The first kappa shape index (κ1) is 13.1. The summed E-state index contributed by atoms with van der Waals surface area (Å²) in [5.41, 5.74) is 2.03. The van der Waals surface area contributed by atoms with Crippen molar-refractivity contribution in [2.45, 2.75) is 25.9 Å². The number of carbonyl (C=O) groups excluding carboxylic acids is 1. The molecular formula is C14H20N2O2. The maximum Gasteiger partial charge on any atom is 0.247 e. The van der Waals surface area contributed by atoms with Gasteiger partial charge in [-0.25, -0.2) is 0 Å². The fraction of sp³-hybridized carbons (Fsp3) is 0.500. The normalized spacial score (nSPS) is 25.6. The van der Waals surface area contributed by atoms with E-state index in [9.17, 15) is 9.90 Å². The minimum absolute atomic E-state index is 0.0203. The number of piperazine rings is 1. The van der Waals surface area contributed by atoms with Crippen LogP contribution < -0.4 is 4.90 Å². The molecule has 2 atom stereocenters. The Morgan fingerprint density at radius 3 is 2.67 bits per heavy atom. The summed E-state index contributed by atoms with van der Waals surface area (Å²) in [6, 6.07) is 7.56. The molecule has 4 heteroatoms. The first-order valence-corrected chi connectivity index (χ1v) is 6.26. The van der Waals surface area contributed by atoms with Crippen molar-refractivity contribution >= 4 is 11.6 Å². The van der Waals surface area contributed by atoms with E-state index in [1.807, 2.05) is 55.0 Å². The van der Waals surface area contributed by atoms with Crippen LogP contribution in [-0.2, 0) is 4.79 Å². The van der Waals surface area contributed by atoms with E-state index < -0.39 is 6.04 Å². The molecule has 1 aromatic carbocycles. The number of hydrogen-bond acceptors (Lipinski definition) is 3. The number of rotatable bonds is 2. The summed E-state index contributed by atoms with van der Waals surface area (Å²) in [5, 5.41) is 9.36. The SMILES string of the molecule is Cc1ccccc1N1C(=O)C(CO)N(C)CC1C. The van der Waals surface area contributed by atoms with Gasteiger partial charge in [0.15, 0.2) is 0 Å². The van der Waals surface area contributed by atoms with Crippen molar-refractivity contribution in [3.63, 3.8) is 0 Å². The topological polar surface area (TPSA) is 43.8 Å². The highest BCUT2D eigenvalue weighted by atomic mass is 16.3. The molecule has 0 aliphatic carbocycles. The van der Waals surface area contributed by atoms with E-state index >= 15 is 0 Å².